The number of urea groups is 1. The van der Waals surface area contributed by atoms with Crippen LogP contribution in [0.5, 0.6) is 0 Å². The molecule has 0 saturated carbocycles. The maximum absolute atomic E-state index is 13.9. The molecule has 4 nitrogen and oxygen atoms in total. The van der Waals surface area contributed by atoms with Gasteiger partial charge in [-0.05, 0) is 66.8 Å². The highest BCUT2D eigenvalue weighted by atomic mass is 16.2. The number of benzene rings is 3. The normalized spacial score (nSPS) is 19.0. The van der Waals surface area contributed by atoms with Gasteiger partial charge in [0.2, 0.25) is 0 Å². The molecule has 2 unspecified atom stereocenters. The fourth-order valence-electron chi connectivity index (χ4n) is 5.82. The molecule has 0 radical (unpaired) electrons. The predicted octanol–water partition coefficient (Wildman–Crippen LogP) is 7.32. The second-order valence-corrected chi connectivity index (χ2v) is 9.82. The summed E-state index contributed by atoms with van der Waals surface area (Å²) in [6, 6.07) is 25.3. The molecule has 1 saturated heterocycles. The van der Waals surface area contributed by atoms with Gasteiger partial charge in [0.15, 0.2) is 0 Å². The average molecular weight is 458 g/mol. The van der Waals surface area contributed by atoms with Crippen LogP contribution in [0.15, 0.2) is 72.8 Å². The second kappa shape index (κ2) is 10.6. The molecule has 4 rings (SSSR count). The van der Waals surface area contributed by atoms with Gasteiger partial charge in [0, 0.05) is 19.1 Å². The molecule has 1 fully saturated rings. The van der Waals surface area contributed by atoms with E-state index in [0.29, 0.717) is 12.6 Å². The van der Waals surface area contributed by atoms with Crippen LogP contribution in [-0.2, 0) is 6.54 Å². The molecule has 1 aliphatic rings. The Balaban J connectivity index is 1.64. The molecule has 3 aromatic carbocycles. The summed E-state index contributed by atoms with van der Waals surface area (Å²) in [5.41, 5.74) is 5.90. The molecule has 0 spiro atoms. The highest BCUT2D eigenvalue weighted by molar-refractivity contribution is 5.86. The molecule has 2 atom stereocenters. The smallest absolute Gasteiger partial charge is 0.313 e. The third-order valence-electron chi connectivity index (χ3n) is 8.27. The average Bonchev–Trinajstić information content (AvgIpc) is 2.88. The predicted molar refractivity (Wildman–Crippen MR) is 141 cm³/mol. The van der Waals surface area contributed by atoms with E-state index in [1.807, 2.05) is 23.1 Å². The number of carbonyl (C=O) groups excluding carboxylic acids is 1. The molecule has 180 valence electrons. The van der Waals surface area contributed by atoms with Crippen molar-refractivity contribution in [3.63, 3.8) is 0 Å². The quantitative estimate of drug-likeness (QED) is 0.403. The van der Waals surface area contributed by atoms with E-state index in [9.17, 15) is 4.79 Å². The van der Waals surface area contributed by atoms with Crippen molar-refractivity contribution in [1.82, 2.24) is 15.3 Å². The van der Waals surface area contributed by atoms with Gasteiger partial charge in [0.05, 0.1) is 6.04 Å². The lowest BCUT2D eigenvalue weighted by atomic mass is 9.70. The Bertz CT molecular complexity index is 1090. The van der Waals surface area contributed by atoms with Crippen LogP contribution in [0.1, 0.15) is 70.5 Å². The standard InChI is InChI=1S/C30H39N3O/c1-5-30(6-2)20-13-21-33(24(30)4)31-29(34)32(22-25-14-8-7-9-15-25)23(3)27-19-12-17-26-16-10-11-18-28(26)27/h7-12,14-19,23-24H,5-6,13,20-22H2,1-4H3,(H,31,34). The van der Waals surface area contributed by atoms with Crippen LogP contribution in [0.2, 0.25) is 0 Å². The maximum atomic E-state index is 13.9. The zero-order valence-electron chi connectivity index (χ0n) is 21.1. The van der Waals surface area contributed by atoms with Crippen molar-refractivity contribution in [3.05, 3.63) is 83.9 Å². The van der Waals surface area contributed by atoms with Crippen LogP contribution in [0, 0.1) is 5.41 Å². The van der Waals surface area contributed by atoms with Crippen LogP contribution < -0.4 is 5.43 Å². The van der Waals surface area contributed by atoms with Crippen molar-refractivity contribution >= 4 is 16.8 Å². The number of amides is 2. The van der Waals surface area contributed by atoms with Crippen LogP contribution in [0.25, 0.3) is 10.8 Å². The van der Waals surface area contributed by atoms with Crippen molar-refractivity contribution in [2.45, 2.75) is 72.0 Å². The SMILES string of the molecule is CCC1(CC)CCCN(NC(=O)N(Cc2ccccc2)C(C)c2cccc3ccccc23)C1C. The molecule has 0 bridgehead atoms. The third-order valence-corrected chi connectivity index (χ3v) is 8.27. The number of hydrogen-bond acceptors (Lipinski definition) is 2. The van der Waals surface area contributed by atoms with E-state index < -0.39 is 0 Å². The first kappa shape index (κ1) is 24.3. The van der Waals surface area contributed by atoms with E-state index in [0.717, 1.165) is 31.4 Å². The molecule has 34 heavy (non-hydrogen) atoms. The van der Waals surface area contributed by atoms with E-state index in [1.165, 1.54) is 22.8 Å². The lowest BCUT2D eigenvalue weighted by Crippen LogP contribution is -2.59. The van der Waals surface area contributed by atoms with E-state index in [2.05, 4.69) is 92.7 Å². The fraction of sp³-hybridized carbons (Fsp3) is 0.433. The zero-order valence-corrected chi connectivity index (χ0v) is 21.1. The summed E-state index contributed by atoms with van der Waals surface area (Å²) in [5, 5.41) is 4.60. The summed E-state index contributed by atoms with van der Waals surface area (Å²) in [4.78, 5) is 15.9. The molecule has 1 aliphatic heterocycles. The summed E-state index contributed by atoms with van der Waals surface area (Å²) in [6.45, 7) is 10.5. The number of carbonyl (C=O) groups is 1. The van der Waals surface area contributed by atoms with Crippen LogP contribution in [0.4, 0.5) is 4.79 Å². The molecular formula is C30H39N3O. The molecule has 2 amide bonds. The Morgan fingerprint density at radius 1 is 1.03 bits per heavy atom. The minimum atomic E-state index is -0.0755. The third kappa shape index (κ3) is 4.83. The van der Waals surface area contributed by atoms with Gasteiger partial charge >= 0.3 is 6.03 Å². The van der Waals surface area contributed by atoms with Gasteiger partial charge in [-0.15, -0.1) is 0 Å². The maximum Gasteiger partial charge on any atom is 0.332 e. The van der Waals surface area contributed by atoms with Crippen LogP contribution in [-0.4, -0.2) is 28.5 Å². The van der Waals surface area contributed by atoms with Crippen molar-refractivity contribution in [2.75, 3.05) is 6.54 Å². The number of rotatable bonds is 7. The number of piperidine rings is 1. The Kier molecular flexibility index (Phi) is 7.57. The van der Waals surface area contributed by atoms with Gasteiger partial charge in [-0.1, -0.05) is 86.6 Å². The number of fused-ring (bicyclic) bond motifs is 1. The summed E-state index contributed by atoms with van der Waals surface area (Å²) < 4.78 is 0. The highest BCUT2D eigenvalue weighted by Crippen LogP contribution is 2.41. The Hall–Kier alpha value is -2.85. The number of hydrazine groups is 1. The first-order valence-corrected chi connectivity index (χ1v) is 12.8. The Morgan fingerprint density at radius 2 is 1.71 bits per heavy atom. The molecular weight excluding hydrogens is 418 g/mol. The molecule has 0 aromatic heterocycles. The summed E-state index contributed by atoms with van der Waals surface area (Å²) in [5.74, 6) is 0. The topological polar surface area (TPSA) is 35.6 Å². The van der Waals surface area contributed by atoms with Crippen LogP contribution >= 0.6 is 0 Å². The van der Waals surface area contributed by atoms with Gasteiger partial charge < -0.3 is 4.90 Å². The lowest BCUT2D eigenvalue weighted by Gasteiger charge is -2.48. The van der Waals surface area contributed by atoms with Crippen molar-refractivity contribution in [2.24, 2.45) is 5.41 Å². The summed E-state index contributed by atoms with van der Waals surface area (Å²) >= 11 is 0. The van der Waals surface area contributed by atoms with Gasteiger partial charge in [-0.25, -0.2) is 9.80 Å². The van der Waals surface area contributed by atoms with E-state index >= 15 is 0 Å². The van der Waals surface area contributed by atoms with Crippen LogP contribution in [0.3, 0.4) is 0 Å². The zero-order chi connectivity index (χ0) is 24.1. The van der Waals surface area contributed by atoms with Gasteiger partial charge in [0.25, 0.3) is 0 Å². The summed E-state index contributed by atoms with van der Waals surface area (Å²) in [6.07, 6.45) is 4.62. The lowest BCUT2D eigenvalue weighted by molar-refractivity contribution is -0.0123. The number of nitrogens with one attached hydrogen (secondary N) is 1. The van der Waals surface area contributed by atoms with Crippen molar-refractivity contribution < 1.29 is 4.79 Å². The van der Waals surface area contributed by atoms with Crippen molar-refractivity contribution in [3.8, 4) is 0 Å². The summed E-state index contributed by atoms with van der Waals surface area (Å²) in [7, 11) is 0. The second-order valence-electron chi connectivity index (χ2n) is 9.82. The minimum Gasteiger partial charge on any atom is -0.313 e. The number of hydrogen-bond donors (Lipinski definition) is 1. The highest BCUT2D eigenvalue weighted by Gasteiger charge is 2.40. The molecule has 1 heterocycles. The Morgan fingerprint density at radius 3 is 2.44 bits per heavy atom. The van der Waals surface area contributed by atoms with E-state index in [4.69, 9.17) is 0 Å². The molecule has 0 aliphatic carbocycles. The largest absolute Gasteiger partial charge is 0.332 e. The Labute approximate surface area is 204 Å². The monoisotopic (exact) mass is 457 g/mol. The van der Waals surface area contributed by atoms with Crippen molar-refractivity contribution in [1.29, 1.82) is 0 Å². The first-order chi connectivity index (χ1) is 16.5. The van der Waals surface area contributed by atoms with Gasteiger partial charge in [-0.2, -0.15) is 0 Å². The van der Waals surface area contributed by atoms with E-state index in [1.54, 1.807) is 0 Å². The minimum absolute atomic E-state index is 0.0286. The fourth-order valence-corrected chi connectivity index (χ4v) is 5.82. The van der Waals surface area contributed by atoms with Gasteiger partial charge in [-0.3, -0.25) is 5.43 Å². The van der Waals surface area contributed by atoms with E-state index in [-0.39, 0.29) is 17.5 Å². The number of nitrogens with zero attached hydrogens (tertiary/aromatic N) is 2. The molecule has 3 aromatic rings. The molecule has 4 heteroatoms. The molecule has 1 N–H and O–H groups in total. The first-order valence-electron chi connectivity index (χ1n) is 12.8. The van der Waals surface area contributed by atoms with Gasteiger partial charge in [0.1, 0.15) is 0 Å².